The highest BCUT2D eigenvalue weighted by Gasteiger charge is 2.21. The minimum absolute atomic E-state index is 0.534. The predicted octanol–water partition coefficient (Wildman–Crippen LogP) is 1.76. The van der Waals surface area contributed by atoms with E-state index in [9.17, 15) is 4.39 Å². The van der Waals surface area contributed by atoms with Gasteiger partial charge in [0.2, 0.25) is 0 Å². The van der Waals surface area contributed by atoms with E-state index in [1.54, 1.807) is 0 Å². The van der Waals surface area contributed by atoms with Gasteiger partial charge in [-0.05, 0) is 31.7 Å². The lowest BCUT2D eigenvalue weighted by molar-refractivity contribution is 0.138. The van der Waals surface area contributed by atoms with Crippen molar-refractivity contribution in [3.63, 3.8) is 0 Å². The summed E-state index contributed by atoms with van der Waals surface area (Å²) in [6, 6.07) is 0. The molecule has 2 nitrogen and oxygen atoms in total. The molecule has 3 heteroatoms. The van der Waals surface area contributed by atoms with Crippen LogP contribution in [0.3, 0.4) is 0 Å². The quantitative estimate of drug-likeness (QED) is 0.706. The molecule has 1 unspecified atom stereocenters. The second-order valence-electron chi connectivity index (χ2n) is 5.21. The number of halogens is 1. The van der Waals surface area contributed by atoms with Crippen LogP contribution in [-0.4, -0.2) is 55.2 Å². The van der Waals surface area contributed by atoms with Crippen LogP contribution in [0.2, 0.25) is 0 Å². The van der Waals surface area contributed by atoms with Crippen molar-refractivity contribution >= 4 is 0 Å². The topological polar surface area (TPSA) is 6.48 Å². The van der Waals surface area contributed by atoms with E-state index in [2.05, 4.69) is 16.7 Å². The number of hydrogen-bond acceptors (Lipinski definition) is 2. The molecule has 15 heavy (non-hydrogen) atoms. The van der Waals surface area contributed by atoms with E-state index in [0.717, 1.165) is 38.4 Å². The second kappa shape index (κ2) is 5.26. The van der Waals surface area contributed by atoms with E-state index in [1.807, 2.05) is 0 Å². The van der Waals surface area contributed by atoms with Gasteiger partial charge in [-0.15, -0.1) is 0 Å². The minimum Gasteiger partial charge on any atom is -0.302 e. The highest BCUT2D eigenvalue weighted by Crippen LogP contribution is 2.16. The third-order valence-corrected chi connectivity index (χ3v) is 3.76. The summed E-state index contributed by atoms with van der Waals surface area (Å²) in [5.41, 5.74) is 0. The summed E-state index contributed by atoms with van der Waals surface area (Å²) < 4.78 is 12.9. The van der Waals surface area contributed by atoms with Crippen molar-refractivity contribution in [3.05, 3.63) is 0 Å². The molecular formula is C12H23FN2. The van der Waals surface area contributed by atoms with Crippen LogP contribution >= 0.6 is 0 Å². The molecule has 0 radical (unpaired) electrons. The summed E-state index contributed by atoms with van der Waals surface area (Å²) in [5.74, 6) is 0.876. The zero-order valence-corrected chi connectivity index (χ0v) is 9.79. The molecule has 88 valence electrons. The van der Waals surface area contributed by atoms with Gasteiger partial charge < -0.3 is 9.80 Å². The Bertz CT molecular complexity index is 190. The molecule has 2 saturated heterocycles. The van der Waals surface area contributed by atoms with Gasteiger partial charge in [0.15, 0.2) is 0 Å². The summed E-state index contributed by atoms with van der Waals surface area (Å²) in [4.78, 5) is 4.96. The first kappa shape index (κ1) is 11.3. The Balaban J connectivity index is 1.61. The fourth-order valence-electron chi connectivity index (χ4n) is 2.64. The molecule has 0 aromatic carbocycles. The molecule has 0 amide bonds. The van der Waals surface area contributed by atoms with Crippen molar-refractivity contribution in [3.8, 4) is 0 Å². The third-order valence-electron chi connectivity index (χ3n) is 3.76. The van der Waals surface area contributed by atoms with Gasteiger partial charge in [0.1, 0.15) is 6.17 Å². The summed E-state index contributed by atoms with van der Waals surface area (Å²) in [5, 5.41) is 0. The molecular weight excluding hydrogens is 191 g/mol. The number of rotatable bonds is 3. The van der Waals surface area contributed by atoms with E-state index >= 15 is 0 Å². The van der Waals surface area contributed by atoms with Crippen molar-refractivity contribution < 1.29 is 4.39 Å². The first-order valence-electron chi connectivity index (χ1n) is 6.33. The molecule has 2 aliphatic heterocycles. The van der Waals surface area contributed by atoms with Crippen molar-refractivity contribution in [2.75, 3.05) is 39.3 Å². The van der Waals surface area contributed by atoms with E-state index in [4.69, 9.17) is 0 Å². The molecule has 2 heterocycles. The fourth-order valence-corrected chi connectivity index (χ4v) is 2.64. The van der Waals surface area contributed by atoms with Crippen LogP contribution in [0.15, 0.2) is 0 Å². The van der Waals surface area contributed by atoms with Crippen LogP contribution in [0.5, 0.6) is 0 Å². The fraction of sp³-hybridized carbons (Fsp3) is 1.00. The molecule has 0 spiro atoms. The monoisotopic (exact) mass is 214 g/mol. The predicted molar refractivity (Wildman–Crippen MR) is 60.8 cm³/mol. The van der Waals surface area contributed by atoms with Crippen LogP contribution < -0.4 is 0 Å². The van der Waals surface area contributed by atoms with Gasteiger partial charge in [0.25, 0.3) is 0 Å². The zero-order valence-electron chi connectivity index (χ0n) is 9.79. The SMILES string of the molecule is CC1CCN(CCN2CCC(F)CC2)C1. The van der Waals surface area contributed by atoms with Gasteiger partial charge in [0, 0.05) is 32.7 Å². The van der Waals surface area contributed by atoms with E-state index in [1.165, 1.54) is 26.1 Å². The number of piperidine rings is 1. The van der Waals surface area contributed by atoms with Gasteiger partial charge in [0.05, 0.1) is 0 Å². The molecule has 0 N–H and O–H groups in total. The average molecular weight is 214 g/mol. The maximum Gasteiger partial charge on any atom is 0.103 e. The zero-order chi connectivity index (χ0) is 10.7. The molecule has 2 rings (SSSR count). The van der Waals surface area contributed by atoms with Crippen molar-refractivity contribution in [1.29, 1.82) is 0 Å². The molecule has 1 atom stereocenters. The van der Waals surface area contributed by atoms with Gasteiger partial charge in [-0.1, -0.05) is 6.92 Å². The highest BCUT2D eigenvalue weighted by molar-refractivity contribution is 4.76. The van der Waals surface area contributed by atoms with Crippen molar-refractivity contribution in [2.24, 2.45) is 5.92 Å². The summed E-state index contributed by atoms with van der Waals surface area (Å²) in [7, 11) is 0. The van der Waals surface area contributed by atoms with Gasteiger partial charge in [-0.2, -0.15) is 0 Å². The Labute approximate surface area is 92.4 Å². The first-order valence-corrected chi connectivity index (χ1v) is 6.33. The summed E-state index contributed by atoms with van der Waals surface area (Å²) >= 11 is 0. The molecule has 0 aromatic heterocycles. The number of nitrogens with zero attached hydrogens (tertiary/aromatic N) is 2. The van der Waals surface area contributed by atoms with Crippen LogP contribution in [0.4, 0.5) is 4.39 Å². The second-order valence-corrected chi connectivity index (χ2v) is 5.21. The van der Waals surface area contributed by atoms with Crippen LogP contribution in [-0.2, 0) is 0 Å². The largest absolute Gasteiger partial charge is 0.302 e. The normalized spacial score (nSPS) is 31.2. The maximum atomic E-state index is 12.9. The molecule has 0 saturated carbocycles. The van der Waals surface area contributed by atoms with E-state index in [-0.39, 0.29) is 0 Å². The van der Waals surface area contributed by atoms with Crippen LogP contribution in [0.25, 0.3) is 0 Å². The Hall–Kier alpha value is -0.150. The molecule has 0 aliphatic carbocycles. The number of alkyl halides is 1. The van der Waals surface area contributed by atoms with Gasteiger partial charge >= 0.3 is 0 Å². The lowest BCUT2D eigenvalue weighted by Crippen LogP contribution is -2.39. The lowest BCUT2D eigenvalue weighted by atomic mass is 10.1. The molecule has 0 bridgehead atoms. The summed E-state index contributed by atoms with van der Waals surface area (Å²) in [6.07, 6.45) is 2.31. The van der Waals surface area contributed by atoms with Crippen molar-refractivity contribution in [2.45, 2.75) is 32.4 Å². The van der Waals surface area contributed by atoms with Gasteiger partial charge in [-0.25, -0.2) is 4.39 Å². The number of hydrogen-bond donors (Lipinski definition) is 0. The Kier molecular flexibility index (Phi) is 3.98. The molecule has 0 aromatic rings. The third kappa shape index (κ3) is 3.42. The van der Waals surface area contributed by atoms with Crippen LogP contribution in [0, 0.1) is 5.92 Å². The maximum absolute atomic E-state index is 12.9. The van der Waals surface area contributed by atoms with Gasteiger partial charge in [-0.3, -0.25) is 0 Å². The van der Waals surface area contributed by atoms with Crippen LogP contribution in [0.1, 0.15) is 26.2 Å². The Morgan fingerprint density at radius 2 is 1.60 bits per heavy atom. The molecule has 2 fully saturated rings. The average Bonchev–Trinajstić information content (AvgIpc) is 2.64. The standard InChI is InChI=1S/C12H23FN2/c1-11-2-5-15(10-11)9-8-14-6-3-12(13)4-7-14/h11-12H,2-10H2,1H3. The smallest absolute Gasteiger partial charge is 0.103 e. The Morgan fingerprint density at radius 1 is 1.00 bits per heavy atom. The molecule has 2 aliphatic rings. The van der Waals surface area contributed by atoms with E-state index in [0.29, 0.717) is 0 Å². The Morgan fingerprint density at radius 3 is 2.20 bits per heavy atom. The summed E-state index contributed by atoms with van der Waals surface area (Å²) in [6.45, 7) is 9.10. The van der Waals surface area contributed by atoms with E-state index < -0.39 is 6.17 Å². The first-order chi connectivity index (χ1) is 7.24. The highest BCUT2D eigenvalue weighted by atomic mass is 19.1. The minimum atomic E-state index is -0.534. The number of likely N-dealkylation sites (tertiary alicyclic amines) is 2. The van der Waals surface area contributed by atoms with Crippen molar-refractivity contribution in [1.82, 2.24) is 9.80 Å². The lowest BCUT2D eigenvalue weighted by Gasteiger charge is -2.30.